The second kappa shape index (κ2) is 10.1. The van der Waals surface area contributed by atoms with Crippen LogP contribution in [0.2, 0.25) is 5.02 Å². The van der Waals surface area contributed by atoms with Gasteiger partial charge in [0.2, 0.25) is 0 Å². The molecule has 0 spiro atoms. The van der Waals surface area contributed by atoms with Crippen LogP contribution in [0.25, 0.3) is 0 Å². The summed E-state index contributed by atoms with van der Waals surface area (Å²) in [5.74, 6) is -0.403. The molecule has 10 heteroatoms. The number of aromatic nitrogens is 2. The summed E-state index contributed by atoms with van der Waals surface area (Å²) in [7, 11) is 0. The number of nitrogens with one attached hydrogen (secondary N) is 2. The van der Waals surface area contributed by atoms with Crippen LogP contribution in [0.4, 0.5) is 19.0 Å². The zero-order valence-corrected chi connectivity index (χ0v) is 20.3. The number of carbonyl (C=O) groups excluding carboxylic acids is 1. The smallest absolute Gasteiger partial charge is 0.363 e. The minimum Gasteiger partial charge on any atom is -0.363 e. The van der Waals surface area contributed by atoms with Crippen LogP contribution in [-0.2, 0) is 0 Å². The molecule has 3 atom stereocenters. The molecule has 0 radical (unpaired) electrons. The van der Waals surface area contributed by atoms with Gasteiger partial charge in [-0.15, -0.1) is 0 Å². The fourth-order valence-electron chi connectivity index (χ4n) is 5.15. The van der Waals surface area contributed by atoms with Crippen molar-refractivity contribution in [2.24, 2.45) is 0 Å². The molecule has 1 amide bonds. The number of alkyl halides is 3. The minimum absolute atomic E-state index is 0.0744. The first-order valence-electron chi connectivity index (χ1n) is 12.1. The summed E-state index contributed by atoms with van der Waals surface area (Å²) in [6.45, 7) is 2.06. The van der Waals surface area contributed by atoms with Crippen molar-refractivity contribution in [3.05, 3.63) is 82.5 Å². The number of hydrogen-bond acceptors (Lipinski definition) is 4. The predicted octanol–water partition coefficient (Wildman–Crippen LogP) is 5.76. The summed E-state index contributed by atoms with van der Waals surface area (Å²) in [5, 5.41) is 10.7. The van der Waals surface area contributed by atoms with Gasteiger partial charge in [0.05, 0.1) is 18.3 Å². The van der Waals surface area contributed by atoms with Gasteiger partial charge in [-0.1, -0.05) is 60.1 Å². The maximum atomic E-state index is 14.0. The average molecular weight is 518 g/mol. The molecule has 0 bridgehead atoms. The lowest BCUT2D eigenvalue weighted by molar-refractivity contribution is -0.173. The van der Waals surface area contributed by atoms with Gasteiger partial charge in [0.1, 0.15) is 11.4 Å². The van der Waals surface area contributed by atoms with Crippen LogP contribution in [0, 0.1) is 0 Å². The van der Waals surface area contributed by atoms with Gasteiger partial charge >= 0.3 is 6.18 Å². The van der Waals surface area contributed by atoms with Crippen molar-refractivity contribution >= 4 is 23.3 Å². The fraction of sp³-hybridized carbons (Fsp3) is 0.385. The molecule has 1 aromatic heterocycles. The van der Waals surface area contributed by atoms with Gasteiger partial charge in [-0.05, 0) is 43.1 Å². The number of rotatable bonds is 6. The van der Waals surface area contributed by atoms with E-state index in [4.69, 9.17) is 11.6 Å². The number of halogens is 4. The number of benzene rings is 2. The van der Waals surface area contributed by atoms with E-state index in [1.807, 2.05) is 30.3 Å². The van der Waals surface area contributed by atoms with Crippen molar-refractivity contribution in [1.82, 2.24) is 20.0 Å². The predicted molar refractivity (Wildman–Crippen MR) is 132 cm³/mol. The second-order valence-corrected chi connectivity index (χ2v) is 9.65. The summed E-state index contributed by atoms with van der Waals surface area (Å²) in [5.41, 5.74) is 1.72. The first kappa shape index (κ1) is 24.6. The highest BCUT2D eigenvalue weighted by molar-refractivity contribution is 6.31. The molecule has 1 saturated heterocycles. The van der Waals surface area contributed by atoms with E-state index in [0.29, 0.717) is 5.02 Å². The summed E-state index contributed by atoms with van der Waals surface area (Å²) >= 11 is 6.47. The lowest BCUT2D eigenvalue weighted by Crippen LogP contribution is -2.38. The Kier molecular flexibility index (Phi) is 6.94. The van der Waals surface area contributed by atoms with Crippen molar-refractivity contribution in [3.63, 3.8) is 0 Å². The van der Waals surface area contributed by atoms with E-state index >= 15 is 0 Å². The standard InChI is InChI=1S/C26H27ClF3N5O/c27-20-11-5-4-10-18(20)22(34-12-6-7-13-34)16-31-25(36)19-15-32-35-23(26(28,29)30)14-21(33-24(19)35)17-8-2-1-3-9-17/h1-5,8-11,15,21-23,33H,6-7,12-14,16H2,(H,31,36). The first-order valence-corrected chi connectivity index (χ1v) is 12.4. The molecule has 5 rings (SSSR count). The highest BCUT2D eigenvalue weighted by Crippen LogP contribution is 2.44. The number of hydrogen-bond donors (Lipinski definition) is 2. The molecule has 1 fully saturated rings. The van der Waals surface area contributed by atoms with Gasteiger partial charge in [-0.2, -0.15) is 18.3 Å². The fourth-order valence-corrected chi connectivity index (χ4v) is 5.41. The topological polar surface area (TPSA) is 62.2 Å². The Morgan fingerprint density at radius 3 is 2.50 bits per heavy atom. The lowest BCUT2D eigenvalue weighted by Gasteiger charge is -2.34. The largest absolute Gasteiger partial charge is 0.410 e. The summed E-state index contributed by atoms with van der Waals surface area (Å²) in [6, 6.07) is 13.9. The summed E-state index contributed by atoms with van der Waals surface area (Å²) in [6.07, 6.45) is -1.38. The van der Waals surface area contributed by atoms with E-state index in [1.165, 1.54) is 6.20 Å². The van der Waals surface area contributed by atoms with Crippen LogP contribution >= 0.6 is 11.6 Å². The Morgan fingerprint density at radius 1 is 1.11 bits per heavy atom. The maximum Gasteiger partial charge on any atom is 0.410 e. The van der Waals surface area contributed by atoms with E-state index in [2.05, 4.69) is 20.6 Å². The molecule has 3 unspecified atom stereocenters. The van der Waals surface area contributed by atoms with Gasteiger partial charge in [0.25, 0.3) is 5.91 Å². The van der Waals surface area contributed by atoms with E-state index in [0.717, 1.165) is 41.7 Å². The molecule has 2 aliphatic rings. The van der Waals surface area contributed by atoms with Crippen LogP contribution in [0.3, 0.4) is 0 Å². The molecular weight excluding hydrogens is 491 g/mol. The molecule has 190 valence electrons. The van der Waals surface area contributed by atoms with Gasteiger partial charge in [0, 0.05) is 18.0 Å². The SMILES string of the molecule is O=C(NCC(c1ccccc1Cl)N1CCCC1)c1cnn2c1NC(c1ccccc1)CC2C(F)(F)F. The third kappa shape index (κ3) is 4.95. The number of nitrogens with zero attached hydrogens (tertiary/aromatic N) is 3. The second-order valence-electron chi connectivity index (χ2n) is 9.24. The Hall–Kier alpha value is -3.04. The molecule has 2 aromatic carbocycles. The van der Waals surface area contributed by atoms with Crippen molar-refractivity contribution < 1.29 is 18.0 Å². The van der Waals surface area contributed by atoms with Crippen molar-refractivity contribution in [3.8, 4) is 0 Å². The zero-order chi connectivity index (χ0) is 25.3. The van der Waals surface area contributed by atoms with Crippen LogP contribution in [0.1, 0.15) is 58.9 Å². The molecular formula is C26H27ClF3N5O. The van der Waals surface area contributed by atoms with Gasteiger partial charge in [-0.25, -0.2) is 4.68 Å². The van der Waals surface area contributed by atoms with Crippen LogP contribution < -0.4 is 10.6 Å². The van der Waals surface area contributed by atoms with E-state index in [-0.39, 0.29) is 30.4 Å². The molecule has 3 aromatic rings. The monoisotopic (exact) mass is 517 g/mol. The van der Waals surface area contributed by atoms with Gasteiger partial charge in [0.15, 0.2) is 6.04 Å². The Morgan fingerprint density at radius 2 is 1.81 bits per heavy atom. The number of fused-ring (bicyclic) bond motifs is 1. The quantitative estimate of drug-likeness (QED) is 0.436. The number of likely N-dealkylation sites (tertiary alicyclic amines) is 1. The van der Waals surface area contributed by atoms with Crippen LogP contribution in [0.15, 0.2) is 60.8 Å². The molecule has 36 heavy (non-hydrogen) atoms. The van der Waals surface area contributed by atoms with Gasteiger partial charge in [-0.3, -0.25) is 9.69 Å². The molecule has 0 aliphatic carbocycles. The highest BCUT2D eigenvalue weighted by Gasteiger charge is 2.47. The van der Waals surface area contributed by atoms with Crippen molar-refractivity contribution in [1.29, 1.82) is 0 Å². The molecule has 0 saturated carbocycles. The zero-order valence-electron chi connectivity index (χ0n) is 19.5. The Balaban J connectivity index is 1.40. The number of anilines is 1. The van der Waals surface area contributed by atoms with E-state index < -0.39 is 24.2 Å². The molecule has 6 nitrogen and oxygen atoms in total. The highest BCUT2D eigenvalue weighted by atomic mass is 35.5. The number of carbonyl (C=O) groups is 1. The minimum atomic E-state index is -4.51. The van der Waals surface area contributed by atoms with Crippen molar-refractivity contribution in [2.45, 2.75) is 43.6 Å². The summed E-state index contributed by atoms with van der Waals surface area (Å²) < 4.78 is 42.8. The van der Waals surface area contributed by atoms with Crippen LogP contribution in [-0.4, -0.2) is 46.4 Å². The Labute approximate surface area is 212 Å². The third-order valence-corrected chi connectivity index (χ3v) is 7.33. The third-order valence-electron chi connectivity index (χ3n) is 6.99. The van der Waals surface area contributed by atoms with Crippen LogP contribution in [0.5, 0.6) is 0 Å². The molecule has 2 N–H and O–H groups in total. The number of amides is 1. The normalized spacial score (nSPS) is 21.0. The molecule has 2 aliphatic heterocycles. The van der Waals surface area contributed by atoms with Crippen molar-refractivity contribution in [2.75, 3.05) is 25.0 Å². The average Bonchev–Trinajstić information content (AvgIpc) is 3.55. The maximum absolute atomic E-state index is 14.0. The lowest BCUT2D eigenvalue weighted by atomic mass is 9.96. The Bertz CT molecular complexity index is 1210. The van der Waals surface area contributed by atoms with E-state index in [1.54, 1.807) is 24.3 Å². The first-order chi connectivity index (χ1) is 17.3. The summed E-state index contributed by atoms with van der Waals surface area (Å²) in [4.78, 5) is 15.6. The van der Waals surface area contributed by atoms with E-state index in [9.17, 15) is 18.0 Å². The molecule has 3 heterocycles. The van der Waals surface area contributed by atoms with Gasteiger partial charge < -0.3 is 10.6 Å².